The van der Waals surface area contributed by atoms with Crippen molar-refractivity contribution in [1.82, 2.24) is 14.9 Å². The molecule has 28 heavy (non-hydrogen) atoms. The van der Waals surface area contributed by atoms with Gasteiger partial charge in [-0.3, -0.25) is 20.2 Å². The Morgan fingerprint density at radius 2 is 1.93 bits per heavy atom. The number of amides is 3. The van der Waals surface area contributed by atoms with Gasteiger partial charge >= 0.3 is 11.7 Å². The fourth-order valence-corrected chi connectivity index (χ4v) is 4.14. The molecule has 0 saturated carbocycles. The first-order valence-corrected chi connectivity index (χ1v) is 10.1. The number of hydrogen-bond donors (Lipinski definition) is 2. The molecule has 0 aliphatic carbocycles. The smallest absolute Gasteiger partial charge is 0.321 e. The van der Waals surface area contributed by atoms with E-state index in [4.69, 9.17) is 4.74 Å². The molecule has 2 N–H and O–H groups in total. The number of urea groups is 1. The lowest BCUT2D eigenvalue weighted by Crippen LogP contribution is -2.44. The standard InChI is InChI=1S/C16H22N4O7S/c1-11(2)17-16(22)18-15(21)10-27-14-6-5-12(9-13(14)20(23)24)28(25,26)19-7-3-4-8-19/h5-6,9,11H,3-4,7-8,10H2,1-2H3,(H2,17,18,21,22). The van der Waals surface area contributed by atoms with Crippen LogP contribution in [0.4, 0.5) is 10.5 Å². The Balaban J connectivity index is 2.12. The number of carbonyl (C=O) groups is 2. The van der Waals surface area contributed by atoms with Crippen molar-refractivity contribution in [2.75, 3.05) is 19.7 Å². The van der Waals surface area contributed by atoms with E-state index >= 15 is 0 Å². The van der Waals surface area contributed by atoms with Crippen LogP contribution in [0.1, 0.15) is 26.7 Å². The maximum atomic E-state index is 12.5. The molecule has 3 amide bonds. The van der Waals surface area contributed by atoms with Gasteiger partial charge in [0.2, 0.25) is 10.0 Å². The Morgan fingerprint density at radius 1 is 1.29 bits per heavy atom. The van der Waals surface area contributed by atoms with E-state index in [0.717, 1.165) is 25.0 Å². The van der Waals surface area contributed by atoms with Gasteiger partial charge in [-0.15, -0.1) is 0 Å². The van der Waals surface area contributed by atoms with Crippen molar-refractivity contribution < 1.29 is 27.7 Å². The molecule has 1 heterocycles. The molecule has 1 aliphatic rings. The van der Waals surface area contributed by atoms with Crippen molar-refractivity contribution in [3.05, 3.63) is 28.3 Å². The largest absolute Gasteiger partial charge is 0.477 e. The van der Waals surface area contributed by atoms with Gasteiger partial charge in [-0.2, -0.15) is 4.31 Å². The number of nitro benzene ring substituents is 1. The van der Waals surface area contributed by atoms with E-state index in [1.54, 1.807) is 13.8 Å². The molecule has 2 rings (SSSR count). The van der Waals surface area contributed by atoms with Crippen LogP contribution in [0.3, 0.4) is 0 Å². The first-order chi connectivity index (χ1) is 13.1. The minimum atomic E-state index is -3.83. The number of sulfonamides is 1. The Morgan fingerprint density at radius 3 is 2.50 bits per heavy atom. The predicted octanol–water partition coefficient (Wildman–Crippen LogP) is 0.992. The molecule has 1 aromatic rings. The van der Waals surface area contributed by atoms with Crippen molar-refractivity contribution in [3.8, 4) is 5.75 Å². The average molecular weight is 414 g/mol. The van der Waals surface area contributed by atoms with Crippen LogP contribution in [0.5, 0.6) is 5.75 Å². The summed E-state index contributed by atoms with van der Waals surface area (Å²) in [6, 6.07) is 2.33. The molecule has 0 atom stereocenters. The maximum Gasteiger partial charge on any atom is 0.321 e. The van der Waals surface area contributed by atoms with Crippen LogP contribution in [-0.2, 0) is 14.8 Å². The van der Waals surface area contributed by atoms with Crippen LogP contribution in [-0.4, -0.2) is 55.3 Å². The van der Waals surface area contributed by atoms with Gasteiger partial charge in [-0.25, -0.2) is 13.2 Å². The van der Waals surface area contributed by atoms with E-state index in [0.29, 0.717) is 13.1 Å². The molecule has 11 nitrogen and oxygen atoms in total. The molecule has 1 aromatic carbocycles. The lowest BCUT2D eigenvalue weighted by Gasteiger charge is -2.16. The summed E-state index contributed by atoms with van der Waals surface area (Å²) in [5, 5.41) is 15.8. The van der Waals surface area contributed by atoms with Gasteiger partial charge in [0.15, 0.2) is 12.4 Å². The minimum absolute atomic E-state index is 0.181. The number of nitrogens with one attached hydrogen (secondary N) is 2. The predicted molar refractivity (Wildman–Crippen MR) is 98.4 cm³/mol. The Hall–Kier alpha value is -2.73. The van der Waals surface area contributed by atoms with E-state index < -0.39 is 39.2 Å². The summed E-state index contributed by atoms with van der Waals surface area (Å²) >= 11 is 0. The molecule has 0 aromatic heterocycles. The summed E-state index contributed by atoms with van der Waals surface area (Å²) in [6.07, 6.45) is 1.48. The third kappa shape index (κ3) is 5.39. The van der Waals surface area contributed by atoms with Crippen LogP contribution in [0.15, 0.2) is 23.1 Å². The number of hydrogen-bond acceptors (Lipinski definition) is 7. The van der Waals surface area contributed by atoms with Gasteiger partial charge in [-0.1, -0.05) is 0 Å². The van der Waals surface area contributed by atoms with Crippen molar-refractivity contribution in [2.24, 2.45) is 0 Å². The Kier molecular flexibility index (Phi) is 6.91. The number of imide groups is 1. The molecule has 1 aliphatic heterocycles. The number of benzene rings is 1. The number of carbonyl (C=O) groups excluding carboxylic acids is 2. The third-order valence-corrected chi connectivity index (χ3v) is 5.76. The highest BCUT2D eigenvalue weighted by Crippen LogP contribution is 2.31. The molecule has 0 radical (unpaired) electrons. The van der Waals surface area contributed by atoms with Gasteiger partial charge in [0.25, 0.3) is 5.91 Å². The summed E-state index contributed by atoms with van der Waals surface area (Å²) < 4.78 is 31.5. The molecule has 0 bridgehead atoms. The summed E-state index contributed by atoms with van der Waals surface area (Å²) in [7, 11) is -3.83. The highest BCUT2D eigenvalue weighted by atomic mass is 32.2. The third-order valence-electron chi connectivity index (χ3n) is 3.86. The zero-order valence-electron chi connectivity index (χ0n) is 15.5. The van der Waals surface area contributed by atoms with Gasteiger partial charge in [0.1, 0.15) is 0 Å². The highest BCUT2D eigenvalue weighted by molar-refractivity contribution is 7.89. The zero-order valence-corrected chi connectivity index (χ0v) is 16.3. The van der Waals surface area contributed by atoms with Crippen LogP contribution in [0.2, 0.25) is 0 Å². The molecular formula is C16H22N4O7S. The number of ether oxygens (including phenoxy) is 1. The molecule has 1 saturated heterocycles. The van der Waals surface area contributed by atoms with E-state index in [9.17, 15) is 28.1 Å². The second kappa shape index (κ2) is 8.97. The zero-order chi connectivity index (χ0) is 20.9. The van der Waals surface area contributed by atoms with Crippen LogP contribution in [0, 0.1) is 10.1 Å². The lowest BCUT2D eigenvalue weighted by molar-refractivity contribution is -0.386. The molecule has 0 unspecified atom stereocenters. The summed E-state index contributed by atoms with van der Waals surface area (Å²) in [6.45, 7) is 3.51. The summed E-state index contributed by atoms with van der Waals surface area (Å²) in [4.78, 5) is 33.5. The topological polar surface area (TPSA) is 148 Å². The molecular weight excluding hydrogens is 392 g/mol. The first kappa shape index (κ1) is 21.6. The second-order valence-corrected chi connectivity index (χ2v) is 8.40. The normalized spacial score (nSPS) is 14.7. The SMILES string of the molecule is CC(C)NC(=O)NC(=O)COc1ccc(S(=O)(=O)N2CCCC2)cc1[N+](=O)[O-]. The van der Waals surface area contributed by atoms with Gasteiger partial charge in [0, 0.05) is 25.2 Å². The van der Waals surface area contributed by atoms with Crippen molar-refractivity contribution >= 4 is 27.6 Å². The van der Waals surface area contributed by atoms with Gasteiger partial charge < -0.3 is 10.1 Å². The molecule has 1 fully saturated rings. The fourth-order valence-electron chi connectivity index (χ4n) is 2.60. The molecule has 154 valence electrons. The van der Waals surface area contributed by atoms with E-state index in [1.165, 1.54) is 10.4 Å². The Labute approximate surface area is 162 Å². The molecule has 0 spiro atoms. The summed E-state index contributed by atoms with van der Waals surface area (Å²) in [5.41, 5.74) is -0.584. The van der Waals surface area contributed by atoms with E-state index in [-0.39, 0.29) is 16.7 Å². The van der Waals surface area contributed by atoms with E-state index in [2.05, 4.69) is 5.32 Å². The maximum absolute atomic E-state index is 12.5. The summed E-state index contributed by atoms with van der Waals surface area (Å²) in [5.74, 6) is -1.08. The van der Waals surface area contributed by atoms with Gasteiger partial charge in [0.05, 0.1) is 9.82 Å². The average Bonchev–Trinajstić information content (AvgIpc) is 3.14. The Bertz CT molecular complexity index is 864. The molecule has 12 heteroatoms. The van der Waals surface area contributed by atoms with Crippen LogP contribution in [0.25, 0.3) is 0 Å². The first-order valence-electron chi connectivity index (χ1n) is 8.63. The van der Waals surface area contributed by atoms with Crippen molar-refractivity contribution in [2.45, 2.75) is 37.6 Å². The van der Waals surface area contributed by atoms with Crippen molar-refractivity contribution in [1.29, 1.82) is 0 Å². The fraction of sp³-hybridized carbons (Fsp3) is 0.500. The highest BCUT2D eigenvalue weighted by Gasteiger charge is 2.30. The van der Waals surface area contributed by atoms with Gasteiger partial charge in [-0.05, 0) is 38.8 Å². The minimum Gasteiger partial charge on any atom is -0.477 e. The monoisotopic (exact) mass is 414 g/mol. The van der Waals surface area contributed by atoms with E-state index in [1.807, 2.05) is 5.32 Å². The number of nitrogens with zero attached hydrogens (tertiary/aromatic N) is 2. The second-order valence-electron chi connectivity index (χ2n) is 6.46. The van der Waals surface area contributed by atoms with Crippen LogP contribution < -0.4 is 15.4 Å². The quantitative estimate of drug-likeness (QED) is 0.499. The van der Waals surface area contributed by atoms with Crippen LogP contribution >= 0.6 is 0 Å². The van der Waals surface area contributed by atoms with Crippen molar-refractivity contribution in [3.63, 3.8) is 0 Å². The number of rotatable bonds is 7. The lowest BCUT2D eigenvalue weighted by atomic mass is 10.3. The number of nitro groups is 1.